The van der Waals surface area contributed by atoms with Crippen molar-refractivity contribution < 1.29 is 15.6 Å². The Bertz CT molecular complexity index is 122. The van der Waals surface area contributed by atoms with E-state index in [2.05, 4.69) is 23.6 Å². The average molecular weight is 190 g/mol. The zero-order chi connectivity index (χ0) is 7.56. The van der Waals surface area contributed by atoms with Crippen LogP contribution in [0.4, 0.5) is 0 Å². The van der Waals surface area contributed by atoms with Crippen LogP contribution in [-0.4, -0.2) is 40.6 Å². The summed E-state index contributed by atoms with van der Waals surface area (Å²) in [5.41, 5.74) is 0. The Labute approximate surface area is 70.5 Å². The van der Waals surface area contributed by atoms with Crippen molar-refractivity contribution in [2.45, 2.75) is 13.8 Å². The van der Waals surface area contributed by atoms with Crippen LogP contribution in [0.15, 0.2) is 0 Å². The van der Waals surface area contributed by atoms with Crippen LogP contribution in [0.1, 0.15) is 13.8 Å². The van der Waals surface area contributed by atoms with Gasteiger partial charge in [-0.3, -0.25) is 0 Å². The molecule has 0 aromatic carbocycles. The first-order valence-corrected chi connectivity index (χ1v) is 4.25. The van der Waals surface area contributed by atoms with Gasteiger partial charge in [-0.1, -0.05) is 0 Å². The topological polar surface area (TPSA) is 6.48 Å². The molecule has 0 aromatic heterocycles. The maximum absolute atomic E-state index is 5.36. The molecule has 0 saturated carbocycles. The number of hydrogen-bond donors (Lipinski definition) is 0. The van der Waals surface area contributed by atoms with E-state index < -0.39 is 0 Å². The molecule has 0 bridgehead atoms. The Kier molecular flexibility index (Phi) is 3.05. The monoisotopic (exact) mass is 189 g/mol. The molecule has 0 aromatic rings. The minimum atomic E-state index is 1.01. The van der Waals surface area contributed by atoms with E-state index in [1.807, 2.05) is 0 Å². The van der Waals surface area contributed by atoms with E-state index in [1.165, 1.54) is 0 Å². The summed E-state index contributed by atoms with van der Waals surface area (Å²) in [4.78, 5) is 4.45. The molecule has 10 heavy (non-hydrogen) atoms. The summed E-state index contributed by atoms with van der Waals surface area (Å²) >= 11 is 5.36. The zero-order valence-electron chi connectivity index (χ0n) is 6.52. The summed E-state index contributed by atoms with van der Waals surface area (Å²) in [5, 5.41) is 0. The third-order valence-corrected chi connectivity index (χ3v) is 2.47. The van der Waals surface area contributed by atoms with Crippen LogP contribution < -0.4 is 0 Å². The predicted octanol–water partition coefficient (Wildman–Crippen LogP) is 0.278. The van der Waals surface area contributed by atoms with Crippen LogP contribution in [0.5, 0.6) is 0 Å². The number of rotatable bonds is 2. The van der Waals surface area contributed by atoms with Crippen LogP contribution in [0.3, 0.4) is 0 Å². The maximum atomic E-state index is 5.36. The van der Waals surface area contributed by atoms with Crippen molar-refractivity contribution in [2.24, 2.45) is 0 Å². The molecule has 1 heterocycles. The molecular formula is C7H14CuN2. The van der Waals surface area contributed by atoms with Gasteiger partial charge in [-0.2, -0.15) is 0 Å². The molecule has 1 fully saturated rings. The van der Waals surface area contributed by atoms with Gasteiger partial charge in [0.05, 0.1) is 0 Å². The van der Waals surface area contributed by atoms with E-state index in [0.717, 1.165) is 30.8 Å². The predicted molar refractivity (Wildman–Crippen MR) is 39.5 cm³/mol. The van der Waals surface area contributed by atoms with Crippen molar-refractivity contribution in [1.29, 1.82) is 0 Å². The zero-order valence-corrected chi connectivity index (χ0v) is 7.47. The van der Waals surface area contributed by atoms with Gasteiger partial charge >= 0.3 is 70.1 Å². The Morgan fingerprint density at radius 1 is 1.20 bits per heavy atom. The molecule has 0 amide bonds. The third-order valence-electron chi connectivity index (χ3n) is 1.88. The minimum absolute atomic E-state index is 1.01. The van der Waals surface area contributed by atoms with Gasteiger partial charge in [-0.25, -0.2) is 0 Å². The van der Waals surface area contributed by atoms with Crippen molar-refractivity contribution in [2.75, 3.05) is 26.2 Å². The first-order chi connectivity index (χ1) is 4.79. The van der Waals surface area contributed by atoms with Crippen LogP contribution in [0.2, 0.25) is 0 Å². The Hall–Kier alpha value is 0.309. The van der Waals surface area contributed by atoms with E-state index >= 15 is 0 Å². The molecule has 0 radical (unpaired) electrons. The quantitative estimate of drug-likeness (QED) is 0.576. The standard InChI is InChI=1S/C7H14N2.Cu/c1-3-8-5-6-9(4-2)7-8;/h3-6H2,1-2H3;. The number of nitrogens with zero attached hydrogens (tertiary/aromatic N) is 2. The Morgan fingerprint density at radius 2 is 1.60 bits per heavy atom. The summed E-state index contributed by atoms with van der Waals surface area (Å²) in [6.07, 6.45) is 0. The van der Waals surface area contributed by atoms with Gasteiger partial charge in [0.2, 0.25) is 0 Å². The summed E-state index contributed by atoms with van der Waals surface area (Å²) < 4.78 is 1.01. The SMILES string of the molecule is CCN1CCN(CC)[C]1=[Cu]. The second-order valence-corrected chi connectivity index (χ2v) is 2.82. The van der Waals surface area contributed by atoms with Gasteiger partial charge in [-0.05, 0) is 0 Å². The fourth-order valence-electron chi connectivity index (χ4n) is 1.16. The molecule has 2 nitrogen and oxygen atoms in total. The van der Waals surface area contributed by atoms with Gasteiger partial charge in [0.1, 0.15) is 0 Å². The Morgan fingerprint density at radius 3 is 1.80 bits per heavy atom. The first-order valence-electron chi connectivity index (χ1n) is 3.78. The van der Waals surface area contributed by atoms with Gasteiger partial charge in [0, 0.05) is 0 Å². The molecule has 1 saturated heterocycles. The van der Waals surface area contributed by atoms with E-state index in [4.69, 9.17) is 15.6 Å². The average Bonchev–Trinajstić information content (AvgIpc) is 2.30. The summed E-state index contributed by atoms with van der Waals surface area (Å²) in [6, 6.07) is 0. The van der Waals surface area contributed by atoms with E-state index in [1.54, 1.807) is 0 Å². The molecule has 1 aliphatic rings. The molecule has 0 aliphatic carbocycles. The van der Waals surface area contributed by atoms with E-state index in [0.29, 0.717) is 0 Å². The molecule has 1 aliphatic heterocycles. The van der Waals surface area contributed by atoms with Crippen LogP contribution in [0.25, 0.3) is 0 Å². The van der Waals surface area contributed by atoms with E-state index in [9.17, 15) is 0 Å². The first kappa shape index (κ1) is 8.41. The van der Waals surface area contributed by atoms with E-state index in [-0.39, 0.29) is 0 Å². The van der Waals surface area contributed by atoms with Crippen molar-refractivity contribution in [3.63, 3.8) is 0 Å². The number of likely N-dealkylation sites (N-methyl/N-ethyl adjacent to an activating group) is 2. The number of hydrogen-bond acceptors (Lipinski definition) is 2. The molecule has 0 unspecified atom stereocenters. The van der Waals surface area contributed by atoms with Gasteiger partial charge in [0.25, 0.3) is 0 Å². The molecular weight excluding hydrogens is 176 g/mol. The summed E-state index contributed by atoms with van der Waals surface area (Å²) in [5.74, 6) is 0. The van der Waals surface area contributed by atoms with Crippen LogP contribution in [0, 0.1) is 0 Å². The van der Waals surface area contributed by atoms with Gasteiger partial charge in [-0.15, -0.1) is 0 Å². The van der Waals surface area contributed by atoms with Crippen molar-refractivity contribution in [1.82, 2.24) is 9.80 Å². The van der Waals surface area contributed by atoms with Gasteiger partial charge < -0.3 is 0 Å². The van der Waals surface area contributed by atoms with Crippen LogP contribution in [-0.2, 0) is 15.6 Å². The summed E-state index contributed by atoms with van der Waals surface area (Å²) in [6.45, 7) is 8.59. The normalized spacial score (nSPS) is 22.6. The molecule has 0 N–H and O–H groups in total. The molecule has 1 rings (SSSR count). The third kappa shape index (κ3) is 1.48. The fourth-order valence-corrected chi connectivity index (χ4v) is 1.67. The second kappa shape index (κ2) is 3.63. The molecule has 0 atom stereocenters. The van der Waals surface area contributed by atoms with Crippen LogP contribution >= 0.6 is 0 Å². The molecule has 63 valence electrons. The van der Waals surface area contributed by atoms with Gasteiger partial charge in [0.15, 0.2) is 0 Å². The second-order valence-electron chi connectivity index (χ2n) is 2.39. The fraction of sp³-hybridized carbons (Fsp3) is 0.857. The summed E-state index contributed by atoms with van der Waals surface area (Å²) in [7, 11) is 0. The molecule has 0 spiro atoms. The molecule has 3 heteroatoms. The van der Waals surface area contributed by atoms with Crippen molar-refractivity contribution in [3.8, 4) is 0 Å². The Balaban J connectivity index is 2.49. The van der Waals surface area contributed by atoms with Crippen molar-refractivity contribution in [3.05, 3.63) is 0 Å². The van der Waals surface area contributed by atoms with Crippen molar-refractivity contribution >= 4 is 4.67 Å².